The standard InChI is InChI=1S/C14H16Si/c1-4-8-13-11(5-1)9-10-14(13)15-12-6-2-3-7-12/h1,4-5,8,10,12H,2-3,6-7,9H2. The summed E-state index contributed by atoms with van der Waals surface area (Å²) in [6, 6.07) is 8.92. The van der Waals surface area contributed by atoms with E-state index in [0.29, 0.717) is 0 Å². The van der Waals surface area contributed by atoms with E-state index in [1.807, 2.05) is 0 Å². The maximum absolute atomic E-state index is 2.46. The van der Waals surface area contributed by atoms with Gasteiger partial charge >= 0.3 is 0 Å². The Bertz CT molecular complexity index is 386. The van der Waals surface area contributed by atoms with Crippen molar-refractivity contribution in [2.75, 3.05) is 0 Å². The molecular formula is C14H16Si. The van der Waals surface area contributed by atoms with Crippen molar-refractivity contribution in [3.05, 3.63) is 41.5 Å². The molecule has 0 bridgehead atoms. The number of hydrogen-bond donors (Lipinski definition) is 0. The second-order valence-electron chi connectivity index (χ2n) is 4.60. The molecule has 15 heavy (non-hydrogen) atoms. The molecule has 0 aliphatic heterocycles. The highest BCUT2D eigenvalue weighted by atomic mass is 28.2. The van der Waals surface area contributed by atoms with Gasteiger partial charge in [-0.1, -0.05) is 61.2 Å². The third-order valence-corrected chi connectivity index (χ3v) is 5.32. The maximum Gasteiger partial charge on any atom is 0.0846 e. The van der Waals surface area contributed by atoms with Gasteiger partial charge < -0.3 is 0 Å². The molecule has 0 nitrogen and oxygen atoms in total. The fourth-order valence-electron chi connectivity index (χ4n) is 2.71. The molecule has 0 amide bonds. The van der Waals surface area contributed by atoms with Crippen molar-refractivity contribution < 1.29 is 0 Å². The molecule has 1 aromatic rings. The molecular weight excluding hydrogens is 196 g/mol. The molecule has 1 saturated carbocycles. The van der Waals surface area contributed by atoms with Gasteiger partial charge in [-0.25, -0.2) is 0 Å². The fraction of sp³-hybridized carbons (Fsp3) is 0.429. The molecule has 2 radical (unpaired) electrons. The molecule has 0 atom stereocenters. The molecule has 2 aliphatic rings. The first-order valence-corrected chi connectivity index (χ1v) is 7.06. The van der Waals surface area contributed by atoms with Crippen molar-refractivity contribution in [2.24, 2.45) is 0 Å². The highest BCUT2D eigenvalue weighted by molar-refractivity contribution is 6.62. The molecule has 2 aliphatic carbocycles. The smallest absolute Gasteiger partial charge is 0.0808 e. The summed E-state index contributed by atoms with van der Waals surface area (Å²) in [5.74, 6) is 0. The summed E-state index contributed by atoms with van der Waals surface area (Å²) < 4.78 is 0. The number of benzene rings is 1. The zero-order valence-electron chi connectivity index (χ0n) is 9.00. The monoisotopic (exact) mass is 212 g/mol. The van der Waals surface area contributed by atoms with Crippen LogP contribution in [0.15, 0.2) is 30.3 Å². The molecule has 0 N–H and O–H groups in total. The molecule has 76 valence electrons. The van der Waals surface area contributed by atoms with Crippen molar-refractivity contribution in [3.63, 3.8) is 0 Å². The molecule has 0 saturated heterocycles. The van der Waals surface area contributed by atoms with Crippen LogP contribution >= 0.6 is 0 Å². The van der Waals surface area contributed by atoms with E-state index in [4.69, 9.17) is 0 Å². The Hall–Kier alpha value is -0.823. The van der Waals surface area contributed by atoms with E-state index in [2.05, 4.69) is 30.3 Å². The van der Waals surface area contributed by atoms with Gasteiger partial charge in [0.1, 0.15) is 0 Å². The van der Waals surface area contributed by atoms with Crippen LogP contribution in [0.25, 0.3) is 5.20 Å². The molecule has 1 aromatic carbocycles. The van der Waals surface area contributed by atoms with Crippen LogP contribution in [0, 0.1) is 0 Å². The van der Waals surface area contributed by atoms with Crippen molar-refractivity contribution in [2.45, 2.75) is 37.6 Å². The predicted molar refractivity (Wildman–Crippen MR) is 66.1 cm³/mol. The molecule has 0 spiro atoms. The van der Waals surface area contributed by atoms with Gasteiger partial charge in [0, 0.05) is 0 Å². The van der Waals surface area contributed by atoms with Crippen molar-refractivity contribution >= 4 is 14.7 Å². The fourth-order valence-corrected chi connectivity index (χ4v) is 4.47. The van der Waals surface area contributed by atoms with Crippen LogP contribution in [0.5, 0.6) is 0 Å². The van der Waals surface area contributed by atoms with Crippen molar-refractivity contribution in [1.82, 2.24) is 0 Å². The van der Waals surface area contributed by atoms with E-state index in [1.165, 1.54) is 37.7 Å². The van der Waals surface area contributed by atoms with Gasteiger partial charge in [-0.3, -0.25) is 0 Å². The summed E-state index contributed by atoms with van der Waals surface area (Å²) in [5.41, 5.74) is 4.09. The molecule has 0 aromatic heterocycles. The Morgan fingerprint density at radius 3 is 2.73 bits per heavy atom. The minimum absolute atomic E-state index is 1.00. The van der Waals surface area contributed by atoms with Crippen LogP contribution in [0.4, 0.5) is 0 Å². The second-order valence-corrected chi connectivity index (χ2v) is 6.25. The number of hydrogen-bond acceptors (Lipinski definition) is 0. The van der Waals surface area contributed by atoms with Gasteiger partial charge in [-0.05, 0) is 23.1 Å². The Kier molecular flexibility index (Phi) is 2.49. The van der Waals surface area contributed by atoms with E-state index in [-0.39, 0.29) is 0 Å². The van der Waals surface area contributed by atoms with Gasteiger partial charge in [0.05, 0.1) is 9.52 Å². The number of rotatable bonds is 2. The molecule has 1 heteroatoms. The summed E-state index contributed by atoms with van der Waals surface area (Å²) in [6.45, 7) is 0. The molecule has 1 fully saturated rings. The van der Waals surface area contributed by atoms with Crippen LogP contribution in [-0.2, 0) is 6.42 Å². The Labute approximate surface area is 94.2 Å². The zero-order valence-corrected chi connectivity index (χ0v) is 10.00. The van der Waals surface area contributed by atoms with E-state index in [9.17, 15) is 0 Å². The van der Waals surface area contributed by atoms with Gasteiger partial charge in [0.15, 0.2) is 0 Å². The van der Waals surface area contributed by atoms with Crippen LogP contribution < -0.4 is 0 Å². The topological polar surface area (TPSA) is 0 Å². The summed E-state index contributed by atoms with van der Waals surface area (Å²) in [7, 11) is 1.07. The third-order valence-electron chi connectivity index (χ3n) is 3.55. The maximum atomic E-state index is 2.46. The molecule has 0 heterocycles. The van der Waals surface area contributed by atoms with Gasteiger partial charge in [-0.15, -0.1) is 0 Å². The number of fused-ring (bicyclic) bond motifs is 1. The summed E-state index contributed by atoms with van der Waals surface area (Å²) in [6.07, 6.45) is 9.50. The Morgan fingerprint density at radius 2 is 1.87 bits per heavy atom. The predicted octanol–water partition coefficient (Wildman–Crippen LogP) is 3.65. The van der Waals surface area contributed by atoms with Gasteiger partial charge in [-0.2, -0.15) is 0 Å². The van der Waals surface area contributed by atoms with Crippen LogP contribution in [0.3, 0.4) is 0 Å². The number of allylic oxidation sites excluding steroid dienone is 1. The van der Waals surface area contributed by atoms with E-state index < -0.39 is 0 Å². The first-order valence-electron chi connectivity index (χ1n) is 5.98. The minimum Gasteiger partial charge on any atom is -0.0808 e. The lowest BCUT2D eigenvalue weighted by Crippen LogP contribution is -2.01. The summed E-state index contributed by atoms with van der Waals surface area (Å²) in [4.78, 5) is 0. The van der Waals surface area contributed by atoms with Gasteiger partial charge in [0.25, 0.3) is 0 Å². The normalized spacial score (nSPS) is 20.4. The zero-order chi connectivity index (χ0) is 10.1. The highest BCUT2D eigenvalue weighted by Crippen LogP contribution is 2.35. The van der Waals surface area contributed by atoms with Crippen LogP contribution in [0.1, 0.15) is 36.8 Å². The quantitative estimate of drug-likeness (QED) is 0.656. The summed E-state index contributed by atoms with van der Waals surface area (Å²) in [5, 5.41) is 1.65. The van der Waals surface area contributed by atoms with Crippen molar-refractivity contribution in [1.29, 1.82) is 0 Å². The largest absolute Gasteiger partial charge is 0.0846 e. The van der Waals surface area contributed by atoms with E-state index in [1.54, 1.807) is 10.8 Å². The second kappa shape index (κ2) is 3.97. The Morgan fingerprint density at radius 1 is 1.07 bits per heavy atom. The van der Waals surface area contributed by atoms with Gasteiger partial charge in [0.2, 0.25) is 0 Å². The molecule has 3 rings (SSSR count). The van der Waals surface area contributed by atoms with E-state index in [0.717, 1.165) is 15.1 Å². The summed E-state index contributed by atoms with van der Waals surface area (Å²) >= 11 is 0. The lowest BCUT2D eigenvalue weighted by atomic mass is 10.1. The average molecular weight is 212 g/mol. The average Bonchev–Trinajstić information content (AvgIpc) is 2.89. The highest BCUT2D eigenvalue weighted by Gasteiger charge is 2.21. The lowest BCUT2D eigenvalue weighted by molar-refractivity contribution is 0.873. The molecule has 0 unspecified atom stereocenters. The van der Waals surface area contributed by atoms with Crippen molar-refractivity contribution in [3.8, 4) is 0 Å². The van der Waals surface area contributed by atoms with Crippen LogP contribution in [-0.4, -0.2) is 9.52 Å². The third kappa shape index (κ3) is 1.81. The Balaban J connectivity index is 1.78. The lowest BCUT2D eigenvalue weighted by Gasteiger charge is -2.09. The minimum atomic E-state index is 1.00. The SMILES string of the molecule is C1=C([Si]C2CCCC2)c2ccccc2C1. The first kappa shape index (κ1) is 9.41. The van der Waals surface area contributed by atoms with E-state index >= 15 is 0 Å². The van der Waals surface area contributed by atoms with Crippen LogP contribution in [0.2, 0.25) is 5.54 Å². The first-order chi connectivity index (χ1) is 7.43.